The van der Waals surface area contributed by atoms with Gasteiger partial charge in [0, 0.05) is 36.3 Å². The van der Waals surface area contributed by atoms with Crippen LogP contribution >= 0.6 is 22.7 Å². The minimum absolute atomic E-state index is 0.0795. The number of nitrogens with one attached hydrogen (secondary N) is 1. The van der Waals surface area contributed by atoms with Gasteiger partial charge in [0.1, 0.15) is 0 Å². The number of carbonyl (C=O) groups is 1. The first-order chi connectivity index (χ1) is 15.3. The summed E-state index contributed by atoms with van der Waals surface area (Å²) in [5.74, 6) is 0.383. The van der Waals surface area contributed by atoms with E-state index in [2.05, 4.69) is 28.4 Å². The van der Waals surface area contributed by atoms with E-state index in [0.717, 1.165) is 6.42 Å². The van der Waals surface area contributed by atoms with E-state index in [0.29, 0.717) is 47.4 Å². The molecule has 32 heavy (non-hydrogen) atoms. The summed E-state index contributed by atoms with van der Waals surface area (Å²) >= 11 is 3.01. The van der Waals surface area contributed by atoms with Crippen LogP contribution in [0.4, 0.5) is 0 Å². The third-order valence-electron chi connectivity index (χ3n) is 5.61. The monoisotopic (exact) mass is 494 g/mol. The van der Waals surface area contributed by atoms with Crippen molar-refractivity contribution >= 4 is 38.6 Å². The Labute approximate surface area is 195 Å². The summed E-state index contributed by atoms with van der Waals surface area (Å²) in [5, 5.41) is 8.93. The van der Waals surface area contributed by atoms with Crippen LogP contribution in [0.15, 0.2) is 26.9 Å². The van der Waals surface area contributed by atoms with Gasteiger partial charge in [-0.2, -0.15) is 9.29 Å². The van der Waals surface area contributed by atoms with Gasteiger partial charge in [0.05, 0.1) is 15.7 Å². The van der Waals surface area contributed by atoms with E-state index in [1.807, 2.05) is 5.38 Å². The summed E-state index contributed by atoms with van der Waals surface area (Å²) in [6, 6.07) is 3.68. The Morgan fingerprint density at radius 1 is 1.34 bits per heavy atom. The molecule has 1 fully saturated rings. The van der Waals surface area contributed by atoms with Crippen molar-refractivity contribution in [1.29, 1.82) is 0 Å². The van der Waals surface area contributed by atoms with E-state index < -0.39 is 10.0 Å². The van der Waals surface area contributed by atoms with Crippen molar-refractivity contribution < 1.29 is 17.7 Å². The van der Waals surface area contributed by atoms with Crippen molar-refractivity contribution in [2.45, 2.75) is 44.9 Å². The predicted molar refractivity (Wildman–Crippen MR) is 124 cm³/mol. The molecule has 3 aromatic rings. The quantitative estimate of drug-likeness (QED) is 0.539. The molecule has 1 atom stereocenters. The number of rotatable bonds is 7. The third-order valence-corrected chi connectivity index (χ3v) is 9.86. The highest BCUT2D eigenvalue weighted by Crippen LogP contribution is 2.34. The number of hydrogen-bond donors (Lipinski definition) is 1. The Morgan fingerprint density at radius 3 is 2.84 bits per heavy atom. The van der Waals surface area contributed by atoms with E-state index >= 15 is 0 Å². The molecule has 1 unspecified atom stereocenters. The zero-order chi connectivity index (χ0) is 22.9. The van der Waals surface area contributed by atoms with Crippen LogP contribution in [0, 0.1) is 26.7 Å². The molecule has 4 heterocycles. The van der Waals surface area contributed by atoms with Crippen molar-refractivity contribution in [2.24, 2.45) is 5.92 Å². The van der Waals surface area contributed by atoms with Crippen LogP contribution in [0.1, 0.15) is 34.1 Å². The van der Waals surface area contributed by atoms with E-state index in [4.69, 9.17) is 4.52 Å². The zero-order valence-corrected chi connectivity index (χ0v) is 20.7. The molecule has 172 valence electrons. The van der Waals surface area contributed by atoms with Crippen LogP contribution in [0.2, 0.25) is 0 Å². The molecule has 3 aromatic heterocycles. The van der Waals surface area contributed by atoms with Crippen molar-refractivity contribution in [2.75, 3.05) is 19.6 Å². The first kappa shape index (κ1) is 23.1. The lowest BCUT2D eigenvalue weighted by Gasteiger charge is -2.31. The van der Waals surface area contributed by atoms with Crippen LogP contribution in [-0.2, 0) is 21.2 Å². The van der Waals surface area contributed by atoms with Crippen LogP contribution < -0.4 is 5.32 Å². The number of aryl methyl sites for hydroxylation is 3. The molecule has 0 radical (unpaired) electrons. The summed E-state index contributed by atoms with van der Waals surface area (Å²) < 4.78 is 33.2. The molecule has 1 N–H and O–H groups in total. The Kier molecular flexibility index (Phi) is 6.80. The average molecular weight is 495 g/mol. The second-order valence-corrected chi connectivity index (χ2v) is 12.1. The summed E-state index contributed by atoms with van der Waals surface area (Å²) in [4.78, 5) is 19.7. The molecular weight excluding hydrogens is 468 g/mol. The highest BCUT2D eigenvalue weighted by Gasteiger charge is 2.35. The average Bonchev–Trinajstić information content (AvgIpc) is 3.48. The highest BCUT2D eigenvalue weighted by atomic mass is 32.2. The largest absolute Gasteiger partial charge is 0.355 e. The van der Waals surface area contributed by atoms with Gasteiger partial charge >= 0.3 is 0 Å². The molecule has 1 amide bonds. The zero-order valence-electron chi connectivity index (χ0n) is 18.3. The minimum atomic E-state index is -3.72. The Morgan fingerprint density at radius 2 is 2.16 bits per heavy atom. The summed E-state index contributed by atoms with van der Waals surface area (Å²) in [5.41, 5.74) is 1.24. The Balaban J connectivity index is 1.42. The molecule has 0 aliphatic carbocycles. The lowest BCUT2D eigenvalue weighted by atomic mass is 9.99. The molecule has 0 bridgehead atoms. The number of hydrogen-bond acceptors (Lipinski definition) is 8. The number of nitrogens with zero attached hydrogens (tertiary/aromatic N) is 3. The van der Waals surface area contributed by atoms with Crippen LogP contribution in [-0.4, -0.2) is 48.4 Å². The second-order valence-electron chi connectivity index (χ2n) is 7.94. The molecule has 1 aliphatic heterocycles. The minimum Gasteiger partial charge on any atom is -0.355 e. The van der Waals surface area contributed by atoms with E-state index in [9.17, 15) is 13.2 Å². The molecule has 0 spiro atoms. The van der Waals surface area contributed by atoms with Crippen LogP contribution in [0.3, 0.4) is 0 Å². The van der Waals surface area contributed by atoms with Gasteiger partial charge in [-0.15, -0.1) is 22.7 Å². The topological polar surface area (TPSA) is 105 Å². The second kappa shape index (κ2) is 9.42. The molecule has 0 saturated carbocycles. The first-order valence-electron chi connectivity index (χ1n) is 10.5. The first-order valence-corrected chi connectivity index (χ1v) is 13.6. The molecule has 1 saturated heterocycles. The van der Waals surface area contributed by atoms with Gasteiger partial charge in [-0.05, 0) is 56.2 Å². The Bertz CT molecular complexity index is 1210. The fourth-order valence-electron chi connectivity index (χ4n) is 3.85. The van der Waals surface area contributed by atoms with Gasteiger partial charge in [0.2, 0.25) is 27.6 Å². The van der Waals surface area contributed by atoms with E-state index in [-0.39, 0.29) is 23.3 Å². The van der Waals surface area contributed by atoms with E-state index in [1.165, 1.54) is 26.1 Å². The smallest absolute Gasteiger partial charge is 0.244 e. The van der Waals surface area contributed by atoms with Crippen LogP contribution in [0.25, 0.3) is 10.7 Å². The highest BCUT2D eigenvalue weighted by molar-refractivity contribution is 7.89. The molecule has 4 rings (SSSR count). The van der Waals surface area contributed by atoms with Gasteiger partial charge in [-0.1, -0.05) is 5.16 Å². The number of carbonyl (C=O) groups excluding carboxylic acids is 1. The third kappa shape index (κ3) is 4.80. The van der Waals surface area contributed by atoms with Gasteiger partial charge in [-0.25, -0.2) is 8.42 Å². The van der Waals surface area contributed by atoms with E-state index in [1.54, 1.807) is 31.3 Å². The van der Waals surface area contributed by atoms with Gasteiger partial charge in [-0.3, -0.25) is 4.79 Å². The van der Waals surface area contributed by atoms with Gasteiger partial charge in [0.25, 0.3) is 0 Å². The summed E-state index contributed by atoms with van der Waals surface area (Å²) in [6.45, 7) is 6.68. The maximum atomic E-state index is 13.4. The van der Waals surface area contributed by atoms with Crippen molar-refractivity contribution in [3.8, 4) is 10.7 Å². The molecule has 11 heteroatoms. The van der Waals surface area contributed by atoms with Crippen molar-refractivity contribution in [1.82, 2.24) is 19.8 Å². The fraction of sp³-hybridized carbons (Fsp3) is 0.476. The number of aromatic nitrogens is 2. The molecule has 1 aliphatic rings. The van der Waals surface area contributed by atoms with Crippen molar-refractivity contribution in [3.05, 3.63) is 38.7 Å². The number of amides is 1. The van der Waals surface area contributed by atoms with Crippen LogP contribution in [0.5, 0.6) is 0 Å². The SMILES string of the molecule is Cc1nc(-c2cc(S(=O)(=O)N3CCCC(C(=O)NCCc4sccc4C)C3)c(C)s2)no1. The number of sulfonamides is 1. The standard InChI is InChI=1S/C21H26N4O4S3/c1-13-7-10-30-17(13)6-8-22-21(26)16-5-4-9-25(12-16)32(27,28)19-11-18(31-14(19)2)20-23-15(3)29-24-20/h7,10-11,16H,4-6,8-9,12H2,1-3H3,(H,22,26). The fourth-order valence-corrected chi connectivity index (χ4v) is 7.77. The molecule has 0 aromatic carbocycles. The lowest BCUT2D eigenvalue weighted by molar-refractivity contribution is -0.126. The number of piperidine rings is 1. The summed E-state index contributed by atoms with van der Waals surface area (Å²) in [6.07, 6.45) is 2.13. The Hall–Kier alpha value is -2.08. The van der Waals surface area contributed by atoms with Gasteiger partial charge < -0.3 is 9.84 Å². The maximum absolute atomic E-state index is 13.4. The van der Waals surface area contributed by atoms with Gasteiger partial charge in [0.15, 0.2) is 0 Å². The lowest BCUT2D eigenvalue weighted by Crippen LogP contribution is -2.45. The predicted octanol–water partition coefficient (Wildman–Crippen LogP) is 3.54. The maximum Gasteiger partial charge on any atom is 0.244 e. The summed E-state index contributed by atoms with van der Waals surface area (Å²) in [7, 11) is -3.72. The molecular formula is C21H26N4O4S3. The van der Waals surface area contributed by atoms with Crippen molar-refractivity contribution in [3.63, 3.8) is 0 Å². The normalized spacial score (nSPS) is 17.5. The number of thiophene rings is 2. The molecule has 8 nitrogen and oxygen atoms in total.